The predicted octanol–water partition coefficient (Wildman–Crippen LogP) is -0.0937. The van der Waals surface area contributed by atoms with Gasteiger partial charge in [0.05, 0.1) is 19.0 Å². The second-order valence-corrected chi connectivity index (χ2v) is 4.47. The van der Waals surface area contributed by atoms with Crippen LogP contribution in [-0.4, -0.2) is 40.6 Å². The van der Waals surface area contributed by atoms with Gasteiger partial charge in [-0.25, -0.2) is 9.48 Å². The van der Waals surface area contributed by atoms with E-state index < -0.39 is 12.0 Å². The molecule has 1 aromatic rings. The van der Waals surface area contributed by atoms with E-state index >= 15 is 0 Å². The van der Waals surface area contributed by atoms with Gasteiger partial charge in [0.15, 0.2) is 0 Å². The maximum absolute atomic E-state index is 11.4. The molecule has 0 unspecified atom stereocenters. The largest absolute Gasteiger partial charge is 0.453 e. The highest BCUT2D eigenvalue weighted by Crippen LogP contribution is 1.94. The smallest absolute Gasteiger partial charge is 0.413 e. The maximum atomic E-state index is 11.4. The van der Waals surface area contributed by atoms with E-state index in [9.17, 15) is 9.59 Å². The van der Waals surface area contributed by atoms with E-state index in [1.54, 1.807) is 6.20 Å². The molecule has 0 atom stereocenters. The molecule has 0 radical (unpaired) electrons. The van der Waals surface area contributed by atoms with Crippen molar-refractivity contribution in [2.24, 2.45) is 5.92 Å². The SMILES string of the molecule is COC(=O)NC(=O)Cn1cc(CNCC(C)C)nn1. The zero-order valence-electron chi connectivity index (χ0n) is 11.3. The fourth-order valence-electron chi connectivity index (χ4n) is 1.34. The van der Waals surface area contributed by atoms with Crippen LogP contribution in [0.3, 0.4) is 0 Å². The molecule has 1 heterocycles. The van der Waals surface area contributed by atoms with Gasteiger partial charge in [0.25, 0.3) is 5.91 Å². The van der Waals surface area contributed by atoms with Crippen molar-refractivity contribution in [1.29, 1.82) is 0 Å². The summed E-state index contributed by atoms with van der Waals surface area (Å²) >= 11 is 0. The van der Waals surface area contributed by atoms with Gasteiger partial charge < -0.3 is 10.1 Å². The molecule has 0 aromatic carbocycles. The minimum absolute atomic E-state index is 0.0771. The second-order valence-electron chi connectivity index (χ2n) is 4.47. The molecular formula is C11H19N5O3. The van der Waals surface area contributed by atoms with Crippen molar-refractivity contribution in [1.82, 2.24) is 25.6 Å². The third-order valence-electron chi connectivity index (χ3n) is 2.18. The first-order valence-corrected chi connectivity index (χ1v) is 5.98. The Morgan fingerprint density at radius 1 is 1.47 bits per heavy atom. The summed E-state index contributed by atoms with van der Waals surface area (Å²) in [7, 11) is 1.19. The van der Waals surface area contributed by atoms with Crippen LogP contribution < -0.4 is 10.6 Å². The average Bonchev–Trinajstić information content (AvgIpc) is 2.75. The zero-order valence-corrected chi connectivity index (χ0v) is 11.3. The quantitative estimate of drug-likeness (QED) is 0.748. The van der Waals surface area contributed by atoms with Crippen molar-refractivity contribution < 1.29 is 14.3 Å². The number of carbonyl (C=O) groups excluding carboxylic acids is 2. The summed E-state index contributed by atoms with van der Waals surface area (Å²) in [6, 6.07) is 0. The van der Waals surface area contributed by atoms with E-state index in [0.29, 0.717) is 12.5 Å². The molecule has 8 nitrogen and oxygen atoms in total. The lowest BCUT2D eigenvalue weighted by Crippen LogP contribution is -2.33. The van der Waals surface area contributed by atoms with Crippen molar-refractivity contribution >= 4 is 12.0 Å². The number of amides is 2. The maximum Gasteiger partial charge on any atom is 0.413 e. The number of alkyl carbamates (subject to hydrolysis) is 1. The first kappa shape index (κ1) is 15.1. The molecule has 0 saturated carbocycles. The molecular weight excluding hydrogens is 250 g/mol. The number of imide groups is 1. The molecule has 0 fully saturated rings. The molecule has 0 aliphatic carbocycles. The minimum atomic E-state index is -0.788. The average molecular weight is 269 g/mol. The van der Waals surface area contributed by atoms with Crippen molar-refractivity contribution in [2.45, 2.75) is 26.9 Å². The molecule has 0 aliphatic rings. The minimum Gasteiger partial charge on any atom is -0.453 e. The van der Waals surface area contributed by atoms with Crippen LogP contribution >= 0.6 is 0 Å². The Morgan fingerprint density at radius 3 is 2.84 bits per heavy atom. The topological polar surface area (TPSA) is 98.1 Å². The number of nitrogens with zero attached hydrogens (tertiary/aromatic N) is 3. The summed E-state index contributed by atoms with van der Waals surface area (Å²) in [5.41, 5.74) is 0.742. The van der Waals surface area contributed by atoms with Crippen molar-refractivity contribution in [3.8, 4) is 0 Å². The number of nitrogens with one attached hydrogen (secondary N) is 2. The monoisotopic (exact) mass is 269 g/mol. The fraction of sp³-hybridized carbons (Fsp3) is 0.636. The third-order valence-corrected chi connectivity index (χ3v) is 2.18. The highest BCUT2D eigenvalue weighted by Gasteiger charge is 2.09. The van der Waals surface area contributed by atoms with Gasteiger partial charge in [-0.15, -0.1) is 5.10 Å². The van der Waals surface area contributed by atoms with Crippen LogP contribution in [0.2, 0.25) is 0 Å². The molecule has 1 rings (SSSR count). The van der Waals surface area contributed by atoms with Gasteiger partial charge in [0.2, 0.25) is 0 Å². The second kappa shape index (κ2) is 7.47. The summed E-state index contributed by atoms with van der Waals surface area (Å²) in [6.45, 7) is 5.63. The van der Waals surface area contributed by atoms with Gasteiger partial charge in [-0.2, -0.15) is 0 Å². The lowest BCUT2D eigenvalue weighted by molar-refractivity contribution is -0.121. The van der Waals surface area contributed by atoms with Crippen molar-refractivity contribution in [3.05, 3.63) is 11.9 Å². The Morgan fingerprint density at radius 2 is 2.21 bits per heavy atom. The van der Waals surface area contributed by atoms with E-state index in [4.69, 9.17) is 0 Å². The lowest BCUT2D eigenvalue weighted by Gasteiger charge is -2.04. The Hall–Kier alpha value is -1.96. The number of carbonyl (C=O) groups is 2. The Labute approximate surface area is 111 Å². The van der Waals surface area contributed by atoms with Gasteiger partial charge in [-0.3, -0.25) is 10.1 Å². The first-order chi connectivity index (χ1) is 9.01. The van der Waals surface area contributed by atoms with Gasteiger partial charge in [-0.1, -0.05) is 19.1 Å². The molecule has 0 bridgehead atoms. The van der Waals surface area contributed by atoms with Gasteiger partial charge >= 0.3 is 6.09 Å². The van der Waals surface area contributed by atoms with Crippen LogP contribution in [0.15, 0.2) is 6.20 Å². The van der Waals surface area contributed by atoms with Crippen LogP contribution in [-0.2, 0) is 22.6 Å². The summed E-state index contributed by atoms with van der Waals surface area (Å²) in [5, 5.41) is 13.0. The highest BCUT2D eigenvalue weighted by molar-refractivity contribution is 5.91. The standard InChI is InChI=1S/C11H19N5O3/c1-8(2)4-12-5-9-6-16(15-14-9)7-10(17)13-11(18)19-3/h6,8,12H,4-5,7H2,1-3H3,(H,13,17,18). The van der Waals surface area contributed by atoms with Gasteiger partial charge in [0, 0.05) is 6.54 Å². The number of hydrogen-bond donors (Lipinski definition) is 2. The Kier molecular flexibility index (Phi) is 5.94. The molecule has 0 spiro atoms. The normalized spacial score (nSPS) is 10.5. The van der Waals surface area contributed by atoms with Gasteiger partial charge in [0.1, 0.15) is 6.54 Å². The van der Waals surface area contributed by atoms with E-state index in [2.05, 4.69) is 34.2 Å². The molecule has 1 aromatic heterocycles. The molecule has 106 valence electrons. The molecule has 0 saturated heterocycles. The first-order valence-electron chi connectivity index (χ1n) is 5.98. The molecule has 2 amide bonds. The van der Waals surface area contributed by atoms with Crippen LogP contribution in [0.25, 0.3) is 0 Å². The molecule has 19 heavy (non-hydrogen) atoms. The summed E-state index contributed by atoms with van der Waals surface area (Å²) < 4.78 is 5.68. The van der Waals surface area contributed by atoms with E-state index in [1.165, 1.54) is 11.8 Å². The Bertz CT molecular complexity index is 430. The van der Waals surface area contributed by atoms with E-state index in [0.717, 1.165) is 12.2 Å². The van der Waals surface area contributed by atoms with E-state index in [1.807, 2.05) is 5.32 Å². The summed E-state index contributed by atoms with van der Waals surface area (Å²) in [5.74, 6) is 0.0549. The van der Waals surface area contributed by atoms with Crippen LogP contribution in [0.4, 0.5) is 4.79 Å². The number of methoxy groups -OCH3 is 1. The number of ether oxygens (including phenoxy) is 1. The summed E-state index contributed by atoms with van der Waals surface area (Å²) in [6.07, 6.45) is 0.869. The molecule has 8 heteroatoms. The van der Waals surface area contributed by atoms with Crippen molar-refractivity contribution in [2.75, 3.05) is 13.7 Å². The highest BCUT2D eigenvalue weighted by atomic mass is 16.5. The number of rotatable bonds is 6. The van der Waals surface area contributed by atoms with Crippen LogP contribution in [0, 0.1) is 5.92 Å². The van der Waals surface area contributed by atoms with Crippen molar-refractivity contribution in [3.63, 3.8) is 0 Å². The predicted molar refractivity (Wildman–Crippen MR) is 67.1 cm³/mol. The fourth-order valence-corrected chi connectivity index (χ4v) is 1.34. The zero-order chi connectivity index (χ0) is 14.3. The summed E-state index contributed by atoms with van der Waals surface area (Å²) in [4.78, 5) is 22.2. The van der Waals surface area contributed by atoms with Crippen LogP contribution in [0.5, 0.6) is 0 Å². The molecule has 2 N–H and O–H groups in total. The number of aromatic nitrogens is 3. The lowest BCUT2D eigenvalue weighted by atomic mass is 10.2. The Balaban J connectivity index is 2.37. The number of hydrogen-bond acceptors (Lipinski definition) is 6. The third kappa shape index (κ3) is 5.96. The van der Waals surface area contributed by atoms with E-state index in [-0.39, 0.29) is 6.54 Å². The molecule has 0 aliphatic heterocycles. The van der Waals surface area contributed by atoms with Crippen LogP contribution in [0.1, 0.15) is 19.5 Å². The van der Waals surface area contributed by atoms with Gasteiger partial charge in [-0.05, 0) is 12.5 Å².